The monoisotopic (exact) mass is 269 g/mol. The molecule has 0 rings (SSSR count). The Labute approximate surface area is 122 Å². The molecule has 1 N–H and O–H groups in total. The van der Waals surface area contributed by atoms with E-state index in [2.05, 4.69) is 53.8 Å². The average molecular weight is 270 g/mol. The van der Waals surface area contributed by atoms with Crippen molar-refractivity contribution < 1.29 is 0 Å². The molecule has 116 valence electrons. The van der Waals surface area contributed by atoms with Gasteiger partial charge in [-0.2, -0.15) is 0 Å². The topological polar surface area (TPSA) is 12.0 Å². The van der Waals surface area contributed by atoms with Crippen LogP contribution in [0, 0.1) is 23.2 Å². The Hall–Kier alpha value is -0.0400. The minimum atomic E-state index is 0.448. The minimum absolute atomic E-state index is 0.448. The number of hydrogen-bond donors (Lipinski definition) is 1. The third-order valence-electron chi connectivity index (χ3n) is 4.77. The zero-order chi connectivity index (χ0) is 14.9. The fourth-order valence-electron chi connectivity index (χ4n) is 2.76. The van der Waals surface area contributed by atoms with Gasteiger partial charge in [0.1, 0.15) is 0 Å². The second-order valence-corrected chi connectivity index (χ2v) is 7.45. The molecule has 2 atom stereocenters. The summed E-state index contributed by atoms with van der Waals surface area (Å²) in [5.41, 5.74) is 0.448. The van der Waals surface area contributed by atoms with Gasteiger partial charge in [-0.1, -0.05) is 74.1 Å². The van der Waals surface area contributed by atoms with Crippen LogP contribution in [0.1, 0.15) is 80.6 Å². The Bertz CT molecular complexity index is 210. The largest absolute Gasteiger partial charge is 0.316 e. The highest BCUT2D eigenvalue weighted by Gasteiger charge is 2.30. The van der Waals surface area contributed by atoms with Gasteiger partial charge in [-0.25, -0.2) is 0 Å². The van der Waals surface area contributed by atoms with Crippen LogP contribution < -0.4 is 5.32 Å². The lowest BCUT2D eigenvalue weighted by Gasteiger charge is -2.37. The molecule has 0 aromatic carbocycles. The van der Waals surface area contributed by atoms with Gasteiger partial charge in [0.2, 0.25) is 0 Å². The first-order valence-electron chi connectivity index (χ1n) is 8.56. The van der Waals surface area contributed by atoms with Crippen LogP contribution in [0.15, 0.2) is 0 Å². The molecule has 0 aromatic rings. The van der Waals surface area contributed by atoms with Crippen LogP contribution in [0.25, 0.3) is 0 Å². The Morgan fingerprint density at radius 3 is 2.11 bits per heavy atom. The molecule has 2 unspecified atom stereocenters. The van der Waals surface area contributed by atoms with E-state index in [1.165, 1.54) is 38.6 Å². The Balaban J connectivity index is 4.41. The molecule has 0 bridgehead atoms. The van der Waals surface area contributed by atoms with E-state index in [4.69, 9.17) is 0 Å². The molecule has 0 fully saturated rings. The number of nitrogens with one attached hydrogen (secondary N) is 1. The van der Waals surface area contributed by atoms with Crippen molar-refractivity contribution in [3.05, 3.63) is 0 Å². The van der Waals surface area contributed by atoms with Crippen molar-refractivity contribution in [3.8, 4) is 0 Å². The second-order valence-electron chi connectivity index (χ2n) is 7.45. The van der Waals surface area contributed by atoms with Crippen molar-refractivity contribution in [2.24, 2.45) is 23.2 Å². The first kappa shape index (κ1) is 19.0. The van der Waals surface area contributed by atoms with Gasteiger partial charge in [-0.15, -0.1) is 0 Å². The van der Waals surface area contributed by atoms with Gasteiger partial charge in [0.25, 0.3) is 0 Å². The molecule has 1 heteroatoms. The lowest BCUT2D eigenvalue weighted by atomic mass is 9.71. The molecular formula is C18H39N. The maximum Gasteiger partial charge on any atom is 0.000782 e. The van der Waals surface area contributed by atoms with Crippen LogP contribution in [0.4, 0.5) is 0 Å². The van der Waals surface area contributed by atoms with Crippen LogP contribution >= 0.6 is 0 Å². The maximum absolute atomic E-state index is 3.69. The van der Waals surface area contributed by atoms with Crippen LogP contribution in [0.5, 0.6) is 0 Å². The summed E-state index contributed by atoms with van der Waals surface area (Å²) in [6, 6.07) is 0. The van der Waals surface area contributed by atoms with Crippen molar-refractivity contribution in [2.75, 3.05) is 13.1 Å². The summed E-state index contributed by atoms with van der Waals surface area (Å²) in [6.45, 7) is 18.8. The molecule has 0 aliphatic carbocycles. The molecule has 0 amide bonds. The van der Waals surface area contributed by atoms with Crippen molar-refractivity contribution in [1.82, 2.24) is 5.32 Å². The summed E-state index contributed by atoms with van der Waals surface area (Å²) >= 11 is 0. The van der Waals surface area contributed by atoms with E-state index in [0.717, 1.165) is 24.3 Å². The molecule has 0 aliphatic heterocycles. The Morgan fingerprint density at radius 1 is 1.05 bits per heavy atom. The van der Waals surface area contributed by atoms with Gasteiger partial charge >= 0.3 is 0 Å². The number of rotatable bonds is 11. The lowest BCUT2D eigenvalue weighted by Crippen LogP contribution is -2.39. The molecular weight excluding hydrogens is 230 g/mol. The highest BCUT2D eigenvalue weighted by atomic mass is 14.9. The molecule has 1 nitrogen and oxygen atoms in total. The van der Waals surface area contributed by atoms with E-state index >= 15 is 0 Å². The standard InChI is InChI=1S/C18H39N/c1-8-10-11-17(9-2)12-18(7,16(5)6)14-19-13-15(3)4/h15-17,19H,8-14H2,1-7H3. The van der Waals surface area contributed by atoms with Crippen molar-refractivity contribution in [2.45, 2.75) is 80.6 Å². The van der Waals surface area contributed by atoms with Crippen LogP contribution in [-0.2, 0) is 0 Å². The summed E-state index contributed by atoms with van der Waals surface area (Å²) < 4.78 is 0. The molecule has 0 radical (unpaired) electrons. The zero-order valence-electron chi connectivity index (χ0n) is 14.7. The van der Waals surface area contributed by atoms with Gasteiger partial charge in [0, 0.05) is 6.54 Å². The van der Waals surface area contributed by atoms with Crippen LogP contribution in [0.2, 0.25) is 0 Å². The zero-order valence-corrected chi connectivity index (χ0v) is 14.7. The predicted octanol–water partition coefficient (Wildman–Crippen LogP) is 5.50. The second kappa shape index (κ2) is 9.80. The fourth-order valence-corrected chi connectivity index (χ4v) is 2.76. The van der Waals surface area contributed by atoms with Crippen molar-refractivity contribution in [3.63, 3.8) is 0 Å². The molecule has 0 aromatic heterocycles. The smallest absolute Gasteiger partial charge is 0.000782 e. The predicted molar refractivity (Wildman–Crippen MR) is 88.6 cm³/mol. The van der Waals surface area contributed by atoms with Gasteiger partial charge in [-0.05, 0) is 36.1 Å². The molecule has 0 saturated heterocycles. The summed E-state index contributed by atoms with van der Waals surface area (Å²) in [5, 5.41) is 3.69. The highest BCUT2D eigenvalue weighted by molar-refractivity contribution is 4.83. The van der Waals surface area contributed by atoms with E-state index < -0.39 is 0 Å². The van der Waals surface area contributed by atoms with Crippen molar-refractivity contribution in [1.29, 1.82) is 0 Å². The molecule has 19 heavy (non-hydrogen) atoms. The first-order valence-corrected chi connectivity index (χ1v) is 8.56. The quantitative estimate of drug-likeness (QED) is 0.522. The fraction of sp³-hybridized carbons (Fsp3) is 1.00. The number of hydrogen-bond acceptors (Lipinski definition) is 1. The van der Waals surface area contributed by atoms with E-state index in [-0.39, 0.29) is 0 Å². The molecule has 0 heterocycles. The average Bonchev–Trinajstić information content (AvgIpc) is 2.33. The third-order valence-corrected chi connectivity index (χ3v) is 4.77. The van der Waals surface area contributed by atoms with E-state index in [0.29, 0.717) is 5.41 Å². The third kappa shape index (κ3) is 7.97. The number of unbranched alkanes of at least 4 members (excludes halogenated alkanes) is 1. The van der Waals surface area contributed by atoms with Crippen LogP contribution in [0.3, 0.4) is 0 Å². The molecule has 0 spiro atoms. The Kier molecular flexibility index (Phi) is 9.78. The first-order chi connectivity index (χ1) is 8.85. The Morgan fingerprint density at radius 2 is 1.68 bits per heavy atom. The summed E-state index contributed by atoms with van der Waals surface area (Å²) in [5.74, 6) is 2.41. The summed E-state index contributed by atoms with van der Waals surface area (Å²) in [4.78, 5) is 0. The van der Waals surface area contributed by atoms with Gasteiger partial charge in [-0.3, -0.25) is 0 Å². The van der Waals surface area contributed by atoms with Gasteiger partial charge in [0.15, 0.2) is 0 Å². The van der Waals surface area contributed by atoms with E-state index in [1.807, 2.05) is 0 Å². The summed E-state index contributed by atoms with van der Waals surface area (Å²) in [6.07, 6.45) is 6.87. The molecule has 0 aliphatic rings. The summed E-state index contributed by atoms with van der Waals surface area (Å²) in [7, 11) is 0. The van der Waals surface area contributed by atoms with Crippen molar-refractivity contribution >= 4 is 0 Å². The van der Waals surface area contributed by atoms with E-state index in [1.54, 1.807) is 0 Å². The molecule has 0 saturated carbocycles. The van der Waals surface area contributed by atoms with Gasteiger partial charge < -0.3 is 5.32 Å². The SMILES string of the molecule is CCCCC(CC)CC(C)(CNCC(C)C)C(C)C. The lowest BCUT2D eigenvalue weighted by molar-refractivity contribution is 0.148. The normalized spacial score (nSPS) is 16.9. The minimum Gasteiger partial charge on any atom is -0.316 e. The van der Waals surface area contributed by atoms with Crippen LogP contribution in [-0.4, -0.2) is 13.1 Å². The highest BCUT2D eigenvalue weighted by Crippen LogP contribution is 2.36. The van der Waals surface area contributed by atoms with Gasteiger partial charge in [0.05, 0.1) is 0 Å². The maximum atomic E-state index is 3.69. The van der Waals surface area contributed by atoms with E-state index in [9.17, 15) is 0 Å².